The molecular weight excluding hydrogens is 450 g/mol. The van der Waals surface area contributed by atoms with Gasteiger partial charge in [0.2, 0.25) is 11.7 Å². The highest BCUT2D eigenvalue weighted by molar-refractivity contribution is 6.03. The number of benzene rings is 3. The Hall–Kier alpha value is -4.59. The summed E-state index contributed by atoms with van der Waals surface area (Å²) in [6.07, 6.45) is 6.57. The van der Waals surface area contributed by atoms with Crippen LogP contribution in [0.5, 0.6) is 34.5 Å². The maximum absolute atomic E-state index is 12.4. The van der Waals surface area contributed by atoms with E-state index in [1.54, 1.807) is 51.7 Å². The first-order valence-electron chi connectivity index (χ1n) is 10.6. The number of carbonyl (C=O) groups is 1. The Morgan fingerprint density at radius 2 is 1.23 bits per heavy atom. The lowest BCUT2D eigenvalue weighted by molar-refractivity contribution is -0.111. The number of hydrogen-bond acceptors (Lipinski definition) is 7. The number of methoxy groups -OCH3 is 4. The lowest BCUT2D eigenvalue weighted by Gasteiger charge is -2.12. The van der Waals surface area contributed by atoms with Crippen molar-refractivity contribution in [2.75, 3.05) is 33.8 Å². The maximum atomic E-state index is 12.4. The molecule has 0 fully saturated rings. The number of anilines is 1. The number of phenolic OH excluding ortho intramolecular Hbond substituents is 2. The molecular formula is C27H27NO7. The first-order chi connectivity index (χ1) is 16.9. The van der Waals surface area contributed by atoms with E-state index in [2.05, 4.69) is 5.32 Å². The molecule has 0 aliphatic rings. The van der Waals surface area contributed by atoms with Crippen molar-refractivity contribution in [3.05, 3.63) is 71.3 Å². The molecule has 3 aromatic carbocycles. The number of carbonyl (C=O) groups excluding carboxylic acids is 1. The second-order valence-corrected chi connectivity index (χ2v) is 7.32. The highest BCUT2D eigenvalue weighted by Crippen LogP contribution is 2.38. The van der Waals surface area contributed by atoms with E-state index in [9.17, 15) is 15.0 Å². The summed E-state index contributed by atoms with van der Waals surface area (Å²) in [5, 5.41) is 22.5. The molecule has 3 N–H and O–H groups in total. The number of hydrogen-bond donors (Lipinski definition) is 3. The van der Waals surface area contributed by atoms with E-state index >= 15 is 0 Å². The molecule has 0 aliphatic carbocycles. The number of amides is 1. The average molecular weight is 478 g/mol. The molecule has 0 radical (unpaired) electrons. The molecule has 0 unspecified atom stereocenters. The van der Waals surface area contributed by atoms with Crippen molar-refractivity contribution in [2.45, 2.75) is 0 Å². The largest absolute Gasteiger partial charge is 0.506 e. The number of ether oxygens (including phenoxy) is 4. The predicted octanol–water partition coefficient (Wildman–Crippen LogP) is 4.95. The first kappa shape index (κ1) is 25.0. The van der Waals surface area contributed by atoms with Crippen LogP contribution in [0.15, 0.2) is 54.6 Å². The molecule has 3 rings (SSSR count). The Labute approximate surface area is 203 Å². The Balaban J connectivity index is 1.77. The zero-order valence-electron chi connectivity index (χ0n) is 19.9. The third-order valence-electron chi connectivity index (χ3n) is 5.06. The van der Waals surface area contributed by atoms with E-state index in [4.69, 9.17) is 18.9 Å². The van der Waals surface area contributed by atoms with E-state index in [1.165, 1.54) is 25.3 Å². The van der Waals surface area contributed by atoms with Crippen molar-refractivity contribution < 1.29 is 34.0 Å². The zero-order valence-corrected chi connectivity index (χ0v) is 19.9. The van der Waals surface area contributed by atoms with Gasteiger partial charge in [0.05, 0.1) is 34.1 Å². The Kier molecular flexibility index (Phi) is 8.24. The minimum atomic E-state index is -0.432. The van der Waals surface area contributed by atoms with Crippen molar-refractivity contribution in [1.82, 2.24) is 0 Å². The van der Waals surface area contributed by atoms with Gasteiger partial charge in [-0.05, 0) is 59.2 Å². The number of aromatic hydroxyl groups is 2. The molecule has 0 saturated carbocycles. The van der Waals surface area contributed by atoms with Gasteiger partial charge in [-0.3, -0.25) is 4.79 Å². The molecule has 182 valence electrons. The summed E-state index contributed by atoms with van der Waals surface area (Å²) in [4.78, 5) is 12.4. The summed E-state index contributed by atoms with van der Waals surface area (Å²) >= 11 is 0. The van der Waals surface area contributed by atoms with Crippen molar-refractivity contribution in [3.63, 3.8) is 0 Å². The van der Waals surface area contributed by atoms with Gasteiger partial charge in [-0.25, -0.2) is 0 Å². The fourth-order valence-electron chi connectivity index (χ4n) is 3.29. The van der Waals surface area contributed by atoms with Gasteiger partial charge in [0.25, 0.3) is 0 Å². The normalized spacial score (nSPS) is 11.0. The number of phenols is 2. The number of nitrogens with one attached hydrogen (secondary N) is 1. The molecule has 3 aromatic rings. The van der Waals surface area contributed by atoms with Gasteiger partial charge in [-0.2, -0.15) is 0 Å². The maximum Gasteiger partial charge on any atom is 0.248 e. The molecule has 0 aliphatic heterocycles. The Morgan fingerprint density at radius 1 is 0.686 bits per heavy atom. The highest BCUT2D eigenvalue weighted by atomic mass is 16.5. The van der Waals surface area contributed by atoms with Gasteiger partial charge < -0.3 is 34.5 Å². The zero-order chi connectivity index (χ0) is 25.4. The van der Waals surface area contributed by atoms with E-state index in [1.807, 2.05) is 24.3 Å². The summed E-state index contributed by atoms with van der Waals surface area (Å²) < 4.78 is 21.2. The molecule has 0 bridgehead atoms. The van der Waals surface area contributed by atoms with E-state index in [0.29, 0.717) is 28.6 Å². The lowest BCUT2D eigenvalue weighted by Crippen LogP contribution is -2.08. The van der Waals surface area contributed by atoms with E-state index in [0.717, 1.165) is 11.1 Å². The summed E-state index contributed by atoms with van der Waals surface area (Å²) in [5.74, 6) is 1.38. The van der Waals surface area contributed by atoms with Gasteiger partial charge in [0.1, 0.15) is 5.75 Å². The van der Waals surface area contributed by atoms with Crippen LogP contribution in [0.25, 0.3) is 18.2 Å². The molecule has 0 heterocycles. The van der Waals surface area contributed by atoms with Crippen molar-refractivity contribution in [3.8, 4) is 34.5 Å². The molecule has 35 heavy (non-hydrogen) atoms. The van der Waals surface area contributed by atoms with Gasteiger partial charge in [-0.15, -0.1) is 0 Å². The van der Waals surface area contributed by atoms with Crippen LogP contribution in [0, 0.1) is 0 Å². The molecule has 0 saturated heterocycles. The minimum absolute atomic E-state index is 0.00965. The van der Waals surface area contributed by atoms with Crippen molar-refractivity contribution >= 4 is 29.8 Å². The standard InChI is InChI=1S/C27H27NO7/c1-32-23-14-18(8-11-22(23)30)9-12-26(31)28-20-13-17(7-10-21(20)29)5-6-19-15-24(33-2)27(35-4)25(16-19)34-3/h5-16,29-30H,1-4H3,(H,28,31)/b6-5?,12-9+. The van der Waals surface area contributed by atoms with E-state index in [-0.39, 0.29) is 17.2 Å². The first-order valence-corrected chi connectivity index (χ1v) is 10.6. The summed E-state index contributed by atoms with van der Waals surface area (Å²) in [7, 11) is 6.08. The fraction of sp³-hybridized carbons (Fsp3) is 0.148. The summed E-state index contributed by atoms with van der Waals surface area (Å²) in [5.41, 5.74) is 2.49. The number of rotatable bonds is 9. The quantitative estimate of drug-likeness (QED) is 0.227. The van der Waals surface area contributed by atoms with Crippen LogP contribution in [0.3, 0.4) is 0 Å². The topological polar surface area (TPSA) is 106 Å². The van der Waals surface area contributed by atoms with Crippen LogP contribution >= 0.6 is 0 Å². The van der Waals surface area contributed by atoms with Crippen LogP contribution in [-0.2, 0) is 4.79 Å². The van der Waals surface area contributed by atoms with Crippen LogP contribution in [0.1, 0.15) is 16.7 Å². The molecule has 0 aromatic heterocycles. The van der Waals surface area contributed by atoms with Gasteiger partial charge >= 0.3 is 0 Å². The van der Waals surface area contributed by atoms with Gasteiger partial charge in [-0.1, -0.05) is 24.3 Å². The smallest absolute Gasteiger partial charge is 0.248 e. The monoisotopic (exact) mass is 477 g/mol. The van der Waals surface area contributed by atoms with Gasteiger partial charge in [0.15, 0.2) is 23.0 Å². The third kappa shape index (κ3) is 6.26. The second kappa shape index (κ2) is 11.5. The summed E-state index contributed by atoms with van der Waals surface area (Å²) in [6.45, 7) is 0. The van der Waals surface area contributed by atoms with Crippen LogP contribution < -0.4 is 24.3 Å². The highest BCUT2D eigenvalue weighted by Gasteiger charge is 2.12. The molecule has 8 heteroatoms. The van der Waals surface area contributed by atoms with E-state index < -0.39 is 5.91 Å². The predicted molar refractivity (Wildman–Crippen MR) is 135 cm³/mol. The Bertz CT molecular complexity index is 1240. The van der Waals surface area contributed by atoms with Crippen molar-refractivity contribution in [1.29, 1.82) is 0 Å². The second-order valence-electron chi connectivity index (χ2n) is 7.32. The molecule has 0 spiro atoms. The molecule has 1 amide bonds. The minimum Gasteiger partial charge on any atom is -0.506 e. The SMILES string of the molecule is COc1cc(/C=C/C(=O)Nc2cc(C=Cc3cc(OC)c(OC)c(OC)c3)ccc2O)ccc1O. The molecule has 8 nitrogen and oxygen atoms in total. The van der Waals surface area contributed by atoms with Crippen LogP contribution in [0.2, 0.25) is 0 Å². The summed E-state index contributed by atoms with van der Waals surface area (Å²) in [6, 6.07) is 13.2. The fourth-order valence-corrected chi connectivity index (χ4v) is 3.29. The van der Waals surface area contributed by atoms with Crippen LogP contribution in [-0.4, -0.2) is 44.6 Å². The van der Waals surface area contributed by atoms with Crippen molar-refractivity contribution in [2.24, 2.45) is 0 Å². The lowest BCUT2D eigenvalue weighted by atomic mass is 10.1. The molecule has 0 atom stereocenters. The van der Waals surface area contributed by atoms with Crippen LogP contribution in [0.4, 0.5) is 5.69 Å². The average Bonchev–Trinajstić information content (AvgIpc) is 2.87. The van der Waals surface area contributed by atoms with Gasteiger partial charge in [0, 0.05) is 6.08 Å². The Morgan fingerprint density at radius 3 is 1.83 bits per heavy atom. The third-order valence-corrected chi connectivity index (χ3v) is 5.06.